The highest BCUT2D eigenvalue weighted by Gasteiger charge is 2.06. The summed E-state index contributed by atoms with van der Waals surface area (Å²) in [5.41, 5.74) is 0. The third-order valence-electron chi connectivity index (χ3n) is 1.30. The number of halogens is 1. The van der Waals surface area contributed by atoms with Crippen molar-refractivity contribution in [3.8, 4) is 0 Å². The molecule has 0 aliphatic heterocycles. The second kappa shape index (κ2) is 8.22. The third-order valence-corrected chi connectivity index (χ3v) is 1.81. The van der Waals surface area contributed by atoms with Gasteiger partial charge in [0.2, 0.25) is 11.8 Å². The van der Waals surface area contributed by atoms with Gasteiger partial charge in [-0.1, -0.05) is 15.9 Å². The van der Waals surface area contributed by atoms with Crippen LogP contribution in [0.4, 0.5) is 0 Å². The van der Waals surface area contributed by atoms with Crippen LogP contribution in [0.3, 0.4) is 0 Å². The van der Waals surface area contributed by atoms with Crippen LogP contribution in [0.2, 0.25) is 0 Å². The molecule has 0 aromatic heterocycles. The molecule has 2 N–H and O–H groups in total. The lowest BCUT2D eigenvalue weighted by molar-refractivity contribution is -0.143. The summed E-state index contributed by atoms with van der Waals surface area (Å²) in [6, 6.07) is 0. The minimum atomic E-state index is -0.502. The van der Waals surface area contributed by atoms with Crippen molar-refractivity contribution < 1.29 is 19.1 Å². The topological polar surface area (TPSA) is 84.5 Å². The first-order chi connectivity index (χ1) is 7.10. The fourth-order valence-corrected chi connectivity index (χ4v) is 0.870. The van der Waals surface area contributed by atoms with Gasteiger partial charge < -0.3 is 15.4 Å². The lowest BCUT2D eigenvalue weighted by Gasteiger charge is -2.05. The molecule has 15 heavy (non-hydrogen) atoms. The van der Waals surface area contributed by atoms with Gasteiger partial charge in [0.1, 0.15) is 6.54 Å². The molecule has 0 aromatic rings. The summed E-state index contributed by atoms with van der Waals surface area (Å²) in [6.07, 6.45) is 0. The zero-order chi connectivity index (χ0) is 11.7. The fourth-order valence-electron chi connectivity index (χ4n) is 0.671. The van der Waals surface area contributed by atoms with Gasteiger partial charge in [-0.3, -0.25) is 14.4 Å². The molecule has 0 atom stereocenters. The average molecular weight is 281 g/mol. The molecule has 0 aliphatic carbocycles. The average Bonchev–Trinajstić information content (AvgIpc) is 2.23. The van der Waals surface area contributed by atoms with Gasteiger partial charge in [-0.2, -0.15) is 0 Å². The number of hydrogen-bond donors (Lipinski definition) is 2. The third kappa shape index (κ3) is 7.92. The molecule has 0 aromatic carbocycles. The van der Waals surface area contributed by atoms with Gasteiger partial charge in [-0.25, -0.2) is 0 Å². The highest BCUT2D eigenvalue weighted by molar-refractivity contribution is 9.09. The standard InChI is InChI=1S/C8H13BrN2O4/c1-2-15-8(14)5-11-7(13)4-10-6(12)3-9/h2-5H2,1H3,(H,10,12)(H,11,13). The predicted octanol–water partition coefficient (Wildman–Crippen LogP) is -0.823. The molecule has 86 valence electrons. The molecule has 2 amide bonds. The summed E-state index contributed by atoms with van der Waals surface area (Å²) in [4.78, 5) is 32.6. The first-order valence-electron chi connectivity index (χ1n) is 4.35. The molecular weight excluding hydrogens is 268 g/mol. The van der Waals surface area contributed by atoms with Gasteiger partial charge >= 0.3 is 5.97 Å². The summed E-state index contributed by atoms with van der Waals surface area (Å²) in [5.74, 6) is -1.23. The molecule has 0 fully saturated rings. The number of carbonyl (C=O) groups is 3. The SMILES string of the molecule is CCOC(=O)CNC(=O)CNC(=O)CBr. The number of rotatable bonds is 6. The van der Waals surface area contributed by atoms with Crippen LogP contribution >= 0.6 is 15.9 Å². The van der Waals surface area contributed by atoms with Crippen molar-refractivity contribution in [3.05, 3.63) is 0 Å². The first-order valence-corrected chi connectivity index (χ1v) is 5.47. The van der Waals surface area contributed by atoms with Crippen molar-refractivity contribution in [3.63, 3.8) is 0 Å². The summed E-state index contributed by atoms with van der Waals surface area (Å²) in [5, 5.41) is 4.78. The van der Waals surface area contributed by atoms with Crippen LogP contribution in [0, 0.1) is 0 Å². The van der Waals surface area contributed by atoms with Crippen LogP contribution in [0.15, 0.2) is 0 Å². The lowest BCUT2D eigenvalue weighted by atomic mass is 10.5. The number of alkyl halides is 1. The molecule has 6 nitrogen and oxygen atoms in total. The van der Waals surface area contributed by atoms with Crippen molar-refractivity contribution in [1.82, 2.24) is 10.6 Å². The maximum atomic E-state index is 11.0. The smallest absolute Gasteiger partial charge is 0.325 e. The Morgan fingerprint density at radius 1 is 1.13 bits per heavy atom. The Morgan fingerprint density at radius 2 is 1.73 bits per heavy atom. The number of amides is 2. The van der Waals surface area contributed by atoms with Crippen LogP contribution < -0.4 is 10.6 Å². The van der Waals surface area contributed by atoms with Gasteiger partial charge in [0, 0.05) is 0 Å². The Hall–Kier alpha value is -1.11. The van der Waals surface area contributed by atoms with E-state index in [1.54, 1.807) is 6.92 Å². The number of carbonyl (C=O) groups excluding carboxylic acids is 3. The van der Waals surface area contributed by atoms with Gasteiger partial charge in [-0.05, 0) is 6.92 Å². The largest absolute Gasteiger partial charge is 0.465 e. The highest BCUT2D eigenvalue weighted by atomic mass is 79.9. The van der Waals surface area contributed by atoms with E-state index in [2.05, 4.69) is 31.3 Å². The van der Waals surface area contributed by atoms with Crippen molar-refractivity contribution in [2.75, 3.05) is 25.0 Å². The van der Waals surface area contributed by atoms with Crippen LogP contribution in [-0.4, -0.2) is 42.8 Å². The Bertz CT molecular complexity index is 245. The highest BCUT2D eigenvalue weighted by Crippen LogP contribution is 1.78. The van der Waals surface area contributed by atoms with Crippen LogP contribution in [0.1, 0.15) is 6.92 Å². The molecule has 0 heterocycles. The zero-order valence-electron chi connectivity index (χ0n) is 8.34. The molecule has 7 heteroatoms. The van der Waals surface area contributed by atoms with E-state index in [1.165, 1.54) is 0 Å². The van der Waals surface area contributed by atoms with E-state index in [0.717, 1.165) is 0 Å². The second-order valence-corrected chi connectivity index (χ2v) is 3.05. The molecule has 0 radical (unpaired) electrons. The summed E-state index contributed by atoms with van der Waals surface area (Å²) < 4.78 is 4.59. The van der Waals surface area contributed by atoms with Crippen LogP contribution in [0.5, 0.6) is 0 Å². The van der Waals surface area contributed by atoms with E-state index in [-0.39, 0.29) is 30.9 Å². The molecule has 0 spiro atoms. The Balaban J connectivity index is 3.57. The van der Waals surface area contributed by atoms with Crippen LogP contribution in [-0.2, 0) is 19.1 Å². The van der Waals surface area contributed by atoms with Crippen molar-refractivity contribution in [2.45, 2.75) is 6.92 Å². The Labute approximate surface area is 95.9 Å². The van der Waals surface area contributed by atoms with E-state index in [0.29, 0.717) is 0 Å². The van der Waals surface area contributed by atoms with Crippen molar-refractivity contribution >= 4 is 33.7 Å². The van der Waals surface area contributed by atoms with E-state index >= 15 is 0 Å². The minimum absolute atomic E-state index is 0.137. The van der Waals surface area contributed by atoms with E-state index in [4.69, 9.17) is 0 Å². The summed E-state index contributed by atoms with van der Waals surface area (Å²) >= 11 is 2.93. The molecule has 0 bridgehead atoms. The van der Waals surface area contributed by atoms with Gasteiger partial charge in [0.25, 0.3) is 0 Å². The van der Waals surface area contributed by atoms with Gasteiger partial charge in [0.15, 0.2) is 0 Å². The maximum Gasteiger partial charge on any atom is 0.325 e. The van der Waals surface area contributed by atoms with E-state index in [1.807, 2.05) is 0 Å². The van der Waals surface area contributed by atoms with Crippen LogP contribution in [0.25, 0.3) is 0 Å². The summed E-state index contributed by atoms with van der Waals surface area (Å²) in [6.45, 7) is 1.62. The molecule has 0 saturated carbocycles. The Kier molecular flexibility index (Phi) is 7.61. The quantitative estimate of drug-likeness (QED) is 0.492. The number of hydrogen-bond acceptors (Lipinski definition) is 4. The zero-order valence-corrected chi connectivity index (χ0v) is 9.93. The second-order valence-electron chi connectivity index (χ2n) is 2.49. The number of nitrogens with one attached hydrogen (secondary N) is 2. The van der Waals surface area contributed by atoms with Crippen molar-refractivity contribution in [2.24, 2.45) is 0 Å². The molecule has 0 rings (SSSR count). The summed E-state index contributed by atoms with van der Waals surface area (Å²) in [7, 11) is 0. The monoisotopic (exact) mass is 280 g/mol. The van der Waals surface area contributed by atoms with Crippen molar-refractivity contribution in [1.29, 1.82) is 0 Å². The van der Waals surface area contributed by atoms with Gasteiger partial charge in [0.05, 0.1) is 18.5 Å². The lowest BCUT2D eigenvalue weighted by Crippen LogP contribution is -2.39. The van der Waals surface area contributed by atoms with E-state index in [9.17, 15) is 14.4 Å². The fraction of sp³-hybridized carbons (Fsp3) is 0.625. The van der Waals surface area contributed by atoms with E-state index < -0.39 is 11.9 Å². The molecule has 0 unspecified atom stereocenters. The maximum absolute atomic E-state index is 11.0. The number of esters is 1. The number of ether oxygens (including phenoxy) is 1. The predicted molar refractivity (Wildman–Crippen MR) is 56.4 cm³/mol. The first kappa shape index (κ1) is 13.9. The molecular formula is C8H13BrN2O4. The molecule has 0 aliphatic rings. The molecule has 0 saturated heterocycles. The normalized spacial score (nSPS) is 9.20. The minimum Gasteiger partial charge on any atom is -0.465 e. The van der Waals surface area contributed by atoms with Gasteiger partial charge in [-0.15, -0.1) is 0 Å². The Morgan fingerprint density at radius 3 is 2.27 bits per heavy atom.